The summed E-state index contributed by atoms with van der Waals surface area (Å²) in [5, 5.41) is 9.41. The van der Waals surface area contributed by atoms with Gasteiger partial charge in [-0.1, -0.05) is 45.8 Å². The standard InChI is InChI=1S/C16H14BrFO2/c1-10-3-2-4-12(5-10)15(16(19)20)8-11-6-13(17)9-14(18)7-11/h2-7,9,15H,8H2,1H3,(H,19,20). The predicted molar refractivity (Wildman–Crippen MR) is 79.4 cm³/mol. The van der Waals surface area contributed by atoms with Crippen LogP contribution >= 0.6 is 15.9 Å². The summed E-state index contributed by atoms with van der Waals surface area (Å²) in [6.45, 7) is 1.92. The summed E-state index contributed by atoms with van der Waals surface area (Å²) in [7, 11) is 0. The molecule has 0 fully saturated rings. The van der Waals surface area contributed by atoms with E-state index in [9.17, 15) is 14.3 Å². The molecular weight excluding hydrogens is 323 g/mol. The lowest BCUT2D eigenvalue weighted by atomic mass is 9.91. The minimum atomic E-state index is -0.906. The van der Waals surface area contributed by atoms with Crippen molar-refractivity contribution in [3.05, 3.63) is 69.4 Å². The Kier molecular flexibility index (Phi) is 4.55. The maximum Gasteiger partial charge on any atom is 0.311 e. The zero-order valence-electron chi connectivity index (χ0n) is 10.9. The van der Waals surface area contributed by atoms with Crippen LogP contribution in [0.3, 0.4) is 0 Å². The van der Waals surface area contributed by atoms with Crippen LogP contribution in [0, 0.1) is 12.7 Å². The van der Waals surface area contributed by atoms with E-state index in [0.29, 0.717) is 10.0 Å². The van der Waals surface area contributed by atoms with Gasteiger partial charge in [0.05, 0.1) is 5.92 Å². The molecule has 0 radical (unpaired) electrons. The Hall–Kier alpha value is -1.68. The first-order valence-corrected chi connectivity index (χ1v) is 6.99. The molecule has 0 aliphatic rings. The first-order chi connectivity index (χ1) is 9.45. The van der Waals surface area contributed by atoms with Crippen LogP contribution in [-0.2, 0) is 11.2 Å². The Morgan fingerprint density at radius 3 is 2.65 bits per heavy atom. The average molecular weight is 337 g/mol. The van der Waals surface area contributed by atoms with Crippen molar-refractivity contribution in [3.8, 4) is 0 Å². The van der Waals surface area contributed by atoms with Gasteiger partial charge in [-0.25, -0.2) is 4.39 Å². The normalized spacial score (nSPS) is 12.2. The van der Waals surface area contributed by atoms with E-state index in [1.54, 1.807) is 12.1 Å². The second-order valence-electron chi connectivity index (χ2n) is 4.79. The fourth-order valence-electron chi connectivity index (χ4n) is 2.20. The Labute approximate surface area is 125 Å². The first-order valence-electron chi connectivity index (χ1n) is 6.20. The highest BCUT2D eigenvalue weighted by Gasteiger charge is 2.20. The molecule has 2 rings (SSSR count). The number of rotatable bonds is 4. The van der Waals surface area contributed by atoms with E-state index < -0.39 is 11.9 Å². The van der Waals surface area contributed by atoms with Gasteiger partial charge in [-0.2, -0.15) is 0 Å². The predicted octanol–water partition coefficient (Wildman–Crippen LogP) is 4.31. The van der Waals surface area contributed by atoms with Gasteiger partial charge in [-0.05, 0) is 42.7 Å². The van der Waals surface area contributed by atoms with Crippen molar-refractivity contribution in [1.29, 1.82) is 0 Å². The molecule has 2 aromatic rings. The minimum Gasteiger partial charge on any atom is -0.481 e. The molecule has 1 unspecified atom stereocenters. The number of carbonyl (C=O) groups is 1. The molecule has 0 saturated heterocycles. The lowest BCUT2D eigenvalue weighted by molar-refractivity contribution is -0.138. The van der Waals surface area contributed by atoms with E-state index >= 15 is 0 Å². The van der Waals surface area contributed by atoms with Gasteiger partial charge in [0.1, 0.15) is 5.82 Å². The molecule has 104 valence electrons. The van der Waals surface area contributed by atoms with Crippen LogP contribution in [0.5, 0.6) is 0 Å². The summed E-state index contributed by atoms with van der Waals surface area (Å²) in [4.78, 5) is 11.5. The van der Waals surface area contributed by atoms with Gasteiger partial charge in [-0.15, -0.1) is 0 Å². The van der Waals surface area contributed by atoms with Crippen molar-refractivity contribution in [2.75, 3.05) is 0 Å². The molecule has 1 N–H and O–H groups in total. The van der Waals surface area contributed by atoms with Crippen LogP contribution in [0.15, 0.2) is 46.9 Å². The number of carboxylic acids is 1. The third kappa shape index (κ3) is 3.67. The van der Waals surface area contributed by atoms with Crippen LogP contribution in [0.25, 0.3) is 0 Å². The molecular formula is C16H14BrFO2. The van der Waals surface area contributed by atoms with E-state index in [1.807, 2.05) is 25.1 Å². The number of carboxylic acid groups (broad SMARTS) is 1. The highest BCUT2D eigenvalue weighted by molar-refractivity contribution is 9.10. The summed E-state index contributed by atoms with van der Waals surface area (Å²) in [6.07, 6.45) is 0.259. The molecule has 20 heavy (non-hydrogen) atoms. The third-order valence-corrected chi connectivity index (χ3v) is 3.56. The largest absolute Gasteiger partial charge is 0.481 e. The molecule has 0 saturated carbocycles. The maximum atomic E-state index is 13.4. The third-order valence-electron chi connectivity index (χ3n) is 3.10. The van der Waals surface area contributed by atoms with Crippen molar-refractivity contribution in [1.82, 2.24) is 0 Å². The second kappa shape index (κ2) is 6.18. The fraction of sp³-hybridized carbons (Fsp3) is 0.188. The van der Waals surface area contributed by atoms with Gasteiger partial charge in [0.2, 0.25) is 0 Å². The topological polar surface area (TPSA) is 37.3 Å². The number of hydrogen-bond acceptors (Lipinski definition) is 1. The van der Waals surface area contributed by atoms with Crippen molar-refractivity contribution in [2.45, 2.75) is 19.3 Å². The summed E-state index contributed by atoms with van der Waals surface area (Å²) < 4.78 is 14.0. The van der Waals surface area contributed by atoms with Gasteiger partial charge in [-0.3, -0.25) is 4.79 Å². The minimum absolute atomic E-state index is 0.259. The van der Waals surface area contributed by atoms with Gasteiger partial charge in [0.25, 0.3) is 0 Å². The van der Waals surface area contributed by atoms with E-state index in [2.05, 4.69) is 15.9 Å². The van der Waals surface area contributed by atoms with Gasteiger partial charge >= 0.3 is 5.97 Å². The Bertz CT molecular complexity index is 620. The number of aliphatic carboxylic acids is 1. The molecule has 0 spiro atoms. The van der Waals surface area contributed by atoms with E-state index in [0.717, 1.165) is 11.1 Å². The van der Waals surface area contributed by atoms with Crippen LogP contribution in [0.1, 0.15) is 22.6 Å². The first kappa shape index (κ1) is 14.7. The van der Waals surface area contributed by atoms with Crippen molar-refractivity contribution in [2.24, 2.45) is 0 Å². The Morgan fingerprint density at radius 2 is 2.05 bits per heavy atom. The SMILES string of the molecule is Cc1cccc(C(Cc2cc(F)cc(Br)c2)C(=O)O)c1. The number of hydrogen-bond donors (Lipinski definition) is 1. The summed E-state index contributed by atoms with van der Waals surface area (Å²) in [6, 6.07) is 11.9. The summed E-state index contributed by atoms with van der Waals surface area (Å²) in [5.74, 6) is -1.96. The summed E-state index contributed by atoms with van der Waals surface area (Å²) >= 11 is 3.22. The molecule has 0 bridgehead atoms. The Morgan fingerprint density at radius 1 is 1.30 bits per heavy atom. The lowest BCUT2D eigenvalue weighted by Gasteiger charge is -2.14. The van der Waals surface area contributed by atoms with Crippen LogP contribution in [0.2, 0.25) is 0 Å². The zero-order chi connectivity index (χ0) is 14.7. The maximum absolute atomic E-state index is 13.4. The average Bonchev–Trinajstić information content (AvgIpc) is 2.34. The molecule has 0 heterocycles. The van der Waals surface area contributed by atoms with E-state index in [-0.39, 0.29) is 12.2 Å². The molecule has 0 aromatic heterocycles. The Balaban J connectivity index is 2.33. The van der Waals surface area contributed by atoms with Gasteiger partial charge in [0, 0.05) is 4.47 Å². The number of aryl methyl sites for hydroxylation is 1. The van der Waals surface area contributed by atoms with Crippen LogP contribution in [-0.4, -0.2) is 11.1 Å². The smallest absolute Gasteiger partial charge is 0.311 e. The van der Waals surface area contributed by atoms with Crippen molar-refractivity contribution < 1.29 is 14.3 Å². The number of halogens is 2. The highest BCUT2D eigenvalue weighted by atomic mass is 79.9. The zero-order valence-corrected chi connectivity index (χ0v) is 12.5. The highest BCUT2D eigenvalue weighted by Crippen LogP contribution is 2.24. The lowest BCUT2D eigenvalue weighted by Crippen LogP contribution is -2.14. The van der Waals surface area contributed by atoms with Crippen LogP contribution < -0.4 is 0 Å². The monoisotopic (exact) mass is 336 g/mol. The van der Waals surface area contributed by atoms with Gasteiger partial charge in [0.15, 0.2) is 0 Å². The fourth-order valence-corrected chi connectivity index (χ4v) is 2.71. The quantitative estimate of drug-likeness (QED) is 0.903. The molecule has 2 nitrogen and oxygen atoms in total. The van der Waals surface area contributed by atoms with Gasteiger partial charge < -0.3 is 5.11 Å². The summed E-state index contributed by atoms with van der Waals surface area (Å²) in [5.41, 5.74) is 2.40. The van der Waals surface area contributed by atoms with Crippen LogP contribution in [0.4, 0.5) is 4.39 Å². The number of benzene rings is 2. The second-order valence-corrected chi connectivity index (χ2v) is 5.70. The van der Waals surface area contributed by atoms with E-state index in [1.165, 1.54) is 12.1 Å². The molecule has 0 aliphatic heterocycles. The van der Waals surface area contributed by atoms with Crippen molar-refractivity contribution in [3.63, 3.8) is 0 Å². The molecule has 1 atom stereocenters. The molecule has 0 aliphatic carbocycles. The molecule has 0 amide bonds. The molecule has 2 aromatic carbocycles. The molecule has 4 heteroatoms. The van der Waals surface area contributed by atoms with Crippen molar-refractivity contribution >= 4 is 21.9 Å². The van der Waals surface area contributed by atoms with E-state index in [4.69, 9.17) is 0 Å².